The van der Waals surface area contributed by atoms with Crippen LogP contribution in [0.2, 0.25) is 0 Å². The van der Waals surface area contributed by atoms with Gasteiger partial charge in [0.15, 0.2) is 5.82 Å². The van der Waals surface area contributed by atoms with Crippen LogP contribution in [0.15, 0.2) is 30.0 Å². The summed E-state index contributed by atoms with van der Waals surface area (Å²) in [4.78, 5) is 17.6. The van der Waals surface area contributed by atoms with Crippen LogP contribution < -0.4 is 0 Å². The predicted octanol–water partition coefficient (Wildman–Crippen LogP) is 2.22. The number of hydrogen-bond acceptors (Lipinski definition) is 4. The zero-order valence-corrected chi connectivity index (χ0v) is 9.92. The Kier molecular flexibility index (Phi) is 3.48. The van der Waals surface area contributed by atoms with Crippen molar-refractivity contribution < 1.29 is 15.0 Å². The number of nitriles is 1. The molecule has 0 unspecified atom stereocenters. The number of para-hydroxylation sites is 2. The van der Waals surface area contributed by atoms with Gasteiger partial charge in [-0.2, -0.15) is 5.26 Å². The molecule has 0 radical (unpaired) electrons. The number of allylic oxidation sites excluding steroid dienone is 2. The maximum absolute atomic E-state index is 10.5. The Labute approximate surface area is 108 Å². The van der Waals surface area contributed by atoms with E-state index in [1.165, 1.54) is 0 Å². The van der Waals surface area contributed by atoms with Crippen LogP contribution in [0.5, 0.6) is 0 Å². The van der Waals surface area contributed by atoms with E-state index in [2.05, 4.69) is 9.97 Å². The number of nitrogens with zero attached hydrogens (tertiary/aromatic N) is 2. The fourth-order valence-electron chi connectivity index (χ4n) is 1.68. The monoisotopic (exact) mass is 257 g/mol. The zero-order valence-electron chi connectivity index (χ0n) is 9.92. The first-order valence-corrected chi connectivity index (χ1v) is 5.61. The smallest absolute Gasteiger partial charge is 0.303 e. The second-order valence-electron chi connectivity index (χ2n) is 3.93. The van der Waals surface area contributed by atoms with Gasteiger partial charge in [-0.25, -0.2) is 4.98 Å². The molecule has 0 amide bonds. The molecular formula is C13H11N3O3. The van der Waals surface area contributed by atoms with Gasteiger partial charge in [-0.15, -0.1) is 0 Å². The fraction of sp³-hybridized carbons (Fsp3) is 0.154. The van der Waals surface area contributed by atoms with Crippen LogP contribution in [-0.2, 0) is 4.79 Å². The van der Waals surface area contributed by atoms with Gasteiger partial charge < -0.3 is 15.2 Å². The second kappa shape index (κ2) is 5.23. The number of aromatic nitrogens is 2. The number of carboxylic acid groups (broad SMARTS) is 1. The van der Waals surface area contributed by atoms with Crippen molar-refractivity contribution in [3.05, 3.63) is 35.8 Å². The van der Waals surface area contributed by atoms with Crippen molar-refractivity contribution in [3.8, 4) is 6.07 Å². The van der Waals surface area contributed by atoms with Gasteiger partial charge >= 0.3 is 5.97 Å². The minimum Gasteiger partial charge on any atom is -0.511 e. The largest absolute Gasteiger partial charge is 0.511 e. The standard InChI is InChI=1S/C13H11N3O3/c14-7-8(11(17)5-6-12(18)19)13-15-9-3-1-2-4-10(9)16-13/h1-4,17H,5-6H2,(H,15,16)(H,18,19). The van der Waals surface area contributed by atoms with E-state index in [1.54, 1.807) is 12.1 Å². The highest BCUT2D eigenvalue weighted by atomic mass is 16.4. The van der Waals surface area contributed by atoms with E-state index in [4.69, 9.17) is 10.4 Å². The van der Waals surface area contributed by atoms with Gasteiger partial charge in [0, 0.05) is 6.42 Å². The number of nitrogens with one attached hydrogen (secondary N) is 1. The summed E-state index contributed by atoms with van der Waals surface area (Å²) in [6.45, 7) is 0. The molecule has 0 aliphatic heterocycles. The molecule has 0 aliphatic carbocycles. The molecule has 96 valence electrons. The number of aliphatic hydroxyl groups excluding tert-OH is 1. The lowest BCUT2D eigenvalue weighted by Gasteiger charge is -1.99. The number of carbonyl (C=O) groups is 1. The highest BCUT2D eigenvalue weighted by molar-refractivity contribution is 5.82. The molecular weight excluding hydrogens is 246 g/mol. The Morgan fingerprint density at radius 2 is 2.05 bits per heavy atom. The molecule has 0 spiro atoms. The summed E-state index contributed by atoms with van der Waals surface area (Å²) in [5.74, 6) is -1.07. The SMILES string of the molecule is N#CC(=C(O)CCC(=O)O)c1nc2ccccc2[nH]1. The van der Waals surface area contributed by atoms with Crippen molar-refractivity contribution in [2.75, 3.05) is 0 Å². The lowest BCUT2D eigenvalue weighted by Crippen LogP contribution is -1.98. The summed E-state index contributed by atoms with van der Waals surface area (Å²) in [7, 11) is 0. The van der Waals surface area contributed by atoms with E-state index in [-0.39, 0.29) is 30.0 Å². The number of aliphatic carboxylic acids is 1. The van der Waals surface area contributed by atoms with E-state index in [0.717, 1.165) is 5.52 Å². The summed E-state index contributed by atoms with van der Waals surface area (Å²) in [6, 6.07) is 9.06. The van der Waals surface area contributed by atoms with Crippen LogP contribution >= 0.6 is 0 Å². The molecule has 0 atom stereocenters. The summed E-state index contributed by atoms with van der Waals surface area (Å²) < 4.78 is 0. The molecule has 2 aromatic rings. The zero-order chi connectivity index (χ0) is 13.8. The minimum atomic E-state index is -1.03. The Morgan fingerprint density at radius 3 is 2.68 bits per heavy atom. The van der Waals surface area contributed by atoms with E-state index >= 15 is 0 Å². The van der Waals surface area contributed by atoms with Crippen LogP contribution in [0.4, 0.5) is 0 Å². The van der Waals surface area contributed by atoms with Gasteiger partial charge in [-0.1, -0.05) is 12.1 Å². The van der Waals surface area contributed by atoms with Gasteiger partial charge in [0.2, 0.25) is 0 Å². The first-order chi connectivity index (χ1) is 9.11. The van der Waals surface area contributed by atoms with Gasteiger partial charge in [0.05, 0.1) is 17.5 Å². The number of fused-ring (bicyclic) bond motifs is 1. The van der Waals surface area contributed by atoms with E-state index in [0.29, 0.717) is 5.52 Å². The van der Waals surface area contributed by atoms with Crippen LogP contribution in [0, 0.1) is 11.3 Å². The van der Waals surface area contributed by atoms with Gasteiger partial charge in [0.25, 0.3) is 0 Å². The van der Waals surface area contributed by atoms with E-state index in [9.17, 15) is 9.90 Å². The van der Waals surface area contributed by atoms with Crippen molar-refractivity contribution in [1.29, 1.82) is 5.26 Å². The van der Waals surface area contributed by atoms with Crippen molar-refractivity contribution in [1.82, 2.24) is 9.97 Å². The van der Waals surface area contributed by atoms with E-state index < -0.39 is 5.97 Å². The van der Waals surface area contributed by atoms with Gasteiger partial charge in [-0.3, -0.25) is 4.79 Å². The Balaban J connectivity index is 2.38. The topological polar surface area (TPSA) is 110 Å². The molecule has 0 bridgehead atoms. The highest BCUT2D eigenvalue weighted by Crippen LogP contribution is 2.20. The minimum absolute atomic E-state index is 0.0301. The number of carboxylic acids is 1. The summed E-state index contributed by atoms with van der Waals surface area (Å²) in [5, 5.41) is 27.4. The third kappa shape index (κ3) is 2.72. The molecule has 0 aliphatic rings. The number of benzene rings is 1. The van der Waals surface area contributed by atoms with Crippen molar-refractivity contribution >= 4 is 22.6 Å². The number of aromatic amines is 1. The average Bonchev–Trinajstić information content (AvgIpc) is 2.80. The lowest BCUT2D eigenvalue weighted by atomic mass is 10.1. The number of rotatable bonds is 4. The first-order valence-electron chi connectivity index (χ1n) is 5.61. The van der Waals surface area contributed by atoms with Crippen molar-refractivity contribution in [3.63, 3.8) is 0 Å². The summed E-state index contributed by atoms with van der Waals surface area (Å²) >= 11 is 0. The van der Waals surface area contributed by atoms with Crippen LogP contribution in [0.3, 0.4) is 0 Å². The number of H-pyrrole nitrogens is 1. The molecule has 2 rings (SSSR count). The van der Waals surface area contributed by atoms with Crippen LogP contribution in [0.25, 0.3) is 16.6 Å². The Bertz CT molecular complexity index is 661. The molecule has 0 fully saturated rings. The maximum atomic E-state index is 10.5. The molecule has 0 saturated heterocycles. The van der Waals surface area contributed by atoms with Gasteiger partial charge in [-0.05, 0) is 12.1 Å². The molecule has 6 heteroatoms. The average molecular weight is 257 g/mol. The molecule has 0 saturated carbocycles. The predicted molar refractivity (Wildman–Crippen MR) is 68.1 cm³/mol. The molecule has 6 nitrogen and oxygen atoms in total. The maximum Gasteiger partial charge on any atom is 0.303 e. The lowest BCUT2D eigenvalue weighted by molar-refractivity contribution is -0.137. The molecule has 3 N–H and O–H groups in total. The van der Waals surface area contributed by atoms with Crippen LogP contribution in [0.1, 0.15) is 18.7 Å². The van der Waals surface area contributed by atoms with Crippen LogP contribution in [-0.4, -0.2) is 26.2 Å². The Hall–Kier alpha value is -2.81. The quantitative estimate of drug-likeness (QED) is 0.574. The van der Waals surface area contributed by atoms with Crippen molar-refractivity contribution in [2.45, 2.75) is 12.8 Å². The summed E-state index contributed by atoms with van der Waals surface area (Å²) in [6.07, 6.45) is -0.341. The third-order valence-electron chi connectivity index (χ3n) is 2.60. The highest BCUT2D eigenvalue weighted by Gasteiger charge is 2.13. The number of hydrogen-bond donors (Lipinski definition) is 3. The summed E-state index contributed by atoms with van der Waals surface area (Å²) in [5.41, 5.74) is 1.39. The molecule has 1 aromatic carbocycles. The Morgan fingerprint density at radius 1 is 1.32 bits per heavy atom. The third-order valence-corrected chi connectivity index (χ3v) is 2.60. The second-order valence-corrected chi connectivity index (χ2v) is 3.93. The normalized spacial score (nSPS) is 11.9. The van der Waals surface area contributed by atoms with Crippen molar-refractivity contribution in [2.24, 2.45) is 0 Å². The first kappa shape index (κ1) is 12.6. The molecule has 19 heavy (non-hydrogen) atoms. The van der Waals surface area contributed by atoms with Gasteiger partial charge in [0.1, 0.15) is 17.4 Å². The number of aliphatic hydroxyl groups is 1. The molecule has 1 aromatic heterocycles. The number of imidazole rings is 1. The van der Waals surface area contributed by atoms with E-state index in [1.807, 2.05) is 18.2 Å². The molecule has 1 heterocycles. The fourth-order valence-corrected chi connectivity index (χ4v) is 1.68.